The summed E-state index contributed by atoms with van der Waals surface area (Å²) in [6.45, 7) is 1.83. The molecule has 0 radical (unpaired) electrons. The first-order chi connectivity index (χ1) is 5.66. The molecule has 2 heterocycles. The van der Waals surface area contributed by atoms with Crippen molar-refractivity contribution in [1.82, 2.24) is 4.98 Å². The number of hydrogen-bond acceptors (Lipinski definition) is 2. The number of pyridine rings is 1. The summed E-state index contributed by atoms with van der Waals surface area (Å²) >= 11 is 5.73. The van der Waals surface area contributed by atoms with Gasteiger partial charge in [-0.15, -0.1) is 0 Å². The molecule has 62 valence electrons. The quantitative estimate of drug-likeness (QED) is 0.619. The van der Waals surface area contributed by atoms with Gasteiger partial charge in [-0.2, -0.15) is 0 Å². The van der Waals surface area contributed by atoms with E-state index >= 15 is 0 Å². The van der Waals surface area contributed by atoms with Crippen molar-refractivity contribution in [3.63, 3.8) is 0 Å². The molecule has 0 bridgehead atoms. The van der Waals surface area contributed by atoms with Gasteiger partial charge in [0.25, 0.3) is 0 Å². The molecule has 1 aromatic rings. The Morgan fingerprint density at radius 3 is 3.17 bits per heavy atom. The topological polar surface area (TPSA) is 42.0 Å². The zero-order valence-corrected chi connectivity index (χ0v) is 7.27. The number of hydrogen-bond donors (Lipinski definition) is 1. The van der Waals surface area contributed by atoms with Crippen LogP contribution in [0, 0.1) is 6.92 Å². The monoisotopic (exact) mass is 182 g/mol. The largest absolute Gasteiger partial charge is 0.324 e. The minimum atomic E-state index is 0.0113. The van der Waals surface area contributed by atoms with Crippen molar-refractivity contribution >= 4 is 23.2 Å². The summed E-state index contributed by atoms with van der Waals surface area (Å²) in [4.78, 5) is 15.0. The molecule has 0 fully saturated rings. The zero-order valence-electron chi connectivity index (χ0n) is 6.52. The fraction of sp³-hybridized carbons (Fsp3) is 0.250. The van der Waals surface area contributed by atoms with Gasteiger partial charge in [0, 0.05) is 0 Å². The molecule has 1 aliphatic heterocycles. The van der Waals surface area contributed by atoms with Crippen LogP contribution in [0.4, 0.5) is 5.69 Å². The van der Waals surface area contributed by atoms with E-state index in [1.54, 1.807) is 6.07 Å². The van der Waals surface area contributed by atoms with Gasteiger partial charge < -0.3 is 5.32 Å². The van der Waals surface area contributed by atoms with E-state index in [1.807, 2.05) is 6.92 Å². The molecule has 0 spiro atoms. The fourth-order valence-corrected chi connectivity index (χ4v) is 1.62. The molecule has 2 rings (SSSR count). The number of carbonyl (C=O) groups excluding carboxylic acids is 1. The van der Waals surface area contributed by atoms with Crippen molar-refractivity contribution in [2.75, 3.05) is 5.32 Å². The number of halogens is 1. The zero-order chi connectivity index (χ0) is 8.72. The van der Waals surface area contributed by atoms with Crippen molar-refractivity contribution in [1.29, 1.82) is 0 Å². The first kappa shape index (κ1) is 7.55. The summed E-state index contributed by atoms with van der Waals surface area (Å²) in [6, 6.07) is 1.72. The highest BCUT2D eigenvalue weighted by molar-refractivity contribution is 6.29. The maximum absolute atomic E-state index is 11.0. The van der Waals surface area contributed by atoms with Gasteiger partial charge in [0.2, 0.25) is 5.91 Å². The first-order valence-electron chi connectivity index (χ1n) is 3.62. The van der Waals surface area contributed by atoms with Gasteiger partial charge in [-0.25, -0.2) is 4.98 Å². The standard InChI is InChI=1S/C8H7ClN2O/c1-4-8-5(2-6(9)10-4)3-7(12)11-8/h2H,3H2,1H3,(H,11,12). The molecule has 4 heteroatoms. The van der Waals surface area contributed by atoms with Crippen molar-refractivity contribution in [3.8, 4) is 0 Å². The molecule has 1 aliphatic rings. The predicted octanol–water partition coefficient (Wildman–Crippen LogP) is 1.54. The van der Waals surface area contributed by atoms with Crippen LogP contribution in [-0.4, -0.2) is 10.9 Å². The lowest BCUT2D eigenvalue weighted by Crippen LogP contribution is -2.04. The number of amides is 1. The van der Waals surface area contributed by atoms with E-state index in [2.05, 4.69) is 10.3 Å². The van der Waals surface area contributed by atoms with Crippen LogP contribution < -0.4 is 5.32 Å². The number of rotatable bonds is 0. The molecule has 1 N–H and O–H groups in total. The Labute approximate surface area is 74.8 Å². The number of anilines is 1. The predicted molar refractivity (Wildman–Crippen MR) is 46.3 cm³/mol. The van der Waals surface area contributed by atoms with Crippen LogP contribution in [0.15, 0.2) is 6.07 Å². The summed E-state index contributed by atoms with van der Waals surface area (Å²) in [5, 5.41) is 3.18. The summed E-state index contributed by atoms with van der Waals surface area (Å²) in [5.41, 5.74) is 2.55. The van der Waals surface area contributed by atoms with Gasteiger partial charge in [-0.05, 0) is 18.6 Å². The maximum atomic E-state index is 11.0. The Kier molecular flexibility index (Phi) is 1.54. The highest BCUT2D eigenvalue weighted by Gasteiger charge is 2.20. The Bertz CT molecular complexity index is 362. The first-order valence-corrected chi connectivity index (χ1v) is 4.00. The van der Waals surface area contributed by atoms with Crippen LogP contribution in [0.1, 0.15) is 11.3 Å². The van der Waals surface area contributed by atoms with Crippen molar-refractivity contribution in [3.05, 3.63) is 22.5 Å². The van der Waals surface area contributed by atoms with E-state index in [9.17, 15) is 4.79 Å². The van der Waals surface area contributed by atoms with Gasteiger partial charge in [-0.3, -0.25) is 4.79 Å². The minimum Gasteiger partial charge on any atom is -0.324 e. The highest BCUT2D eigenvalue weighted by Crippen LogP contribution is 2.27. The molecule has 0 saturated carbocycles. The molecule has 1 aromatic heterocycles. The highest BCUT2D eigenvalue weighted by atomic mass is 35.5. The van der Waals surface area contributed by atoms with Gasteiger partial charge in [0.05, 0.1) is 17.8 Å². The molecule has 3 nitrogen and oxygen atoms in total. The Balaban J connectivity index is 2.59. The molecule has 0 aliphatic carbocycles. The summed E-state index contributed by atoms with van der Waals surface area (Å²) in [7, 11) is 0. The Morgan fingerprint density at radius 2 is 2.42 bits per heavy atom. The van der Waals surface area contributed by atoms with E-state index in [0.717, 1.165) is 16.9 Å². The molecule has 0 unspecified atom stereocenters. The lowest BCUT2D eigenvalue weighted by Gasteiger charge is -2.01. The summed E-state index contributed by atoms with van der Waals surface area (Å²) in [6.07, 6.45) is 0.415. The van der Waals surface area contributed by atoms with E-state index in [-0.39, 0.29) is 5.91 Å². The molecule has 0 atom stereocenters. The molecule has 0 aromatic carbocycles. The Morgan fingerprint density at radius 1 is 1.67 bits per heavy atom. The van der Waals surface area contributed by atoms with Gasteiger partial charge in [0.15, 0.2) is 0 Å². The third-order valence-electron chi connectivity index (χ3n) is 1.87. The van der Waals surface area contributed by atoms with E-state index in [1.165, 1.54) is 0 Å². The number of carbonyl (C=O) groups is 1. The van der Waals surface area contributed by atoms with Crippen molar-refractivity contribution in [2.45, 2.75) is 13.3 Å². The SMILES string of the molecule is Cc1nc(Cl)cc2c1NC(=O)C2. The second kappa shape index (κ2) is 2.45. The van der Waals surface area contributed by atoms with Gasteiger partial charge in [0.1, 0.15) is 5.15 Å². The minimum absolute atomic E-state index is 0.0113. The number of aryl methyl sites for hydroxylation is 1. The van der Waals surface area contributed by atoms with Gasteiger partial charge >= 0.3 is 0 Å². The van der Waals surface area contributed by atoms with Crippen LogP contribution in [0.5, 0.6) is 0 Å². The lowest BCUT2D eigenvalue weighted by atomic mass is 10.2. The van der Waals surface area contributed by atoms with E-state index in [4.69, 9.17) is 11.6 Å². The van der Waals surface area contributed by atoms with Crippen LogP contribution in [0.3, 0.4) is 0 Å². The number of nitrogens with one attached hydrogen (secondary N) is 1. The fourth-order valence-electron chi connectivity index (χ4n) is 1.36. The third kappa shape index (κ3) is 1.06. The maximum Gasteiger partial charge on any atom is 0.228 e. The van der Waals surface area contributed by atoms with Gasteiger partial charge in [-0.1, -0.05) is 11.6 Å². The van der Waals surface area contributed by atoms with Crippen LogP contribution in [-0.2, 0) is 11.2 Å². The van der Waals surface area contributed by atoms with Crippen LogP contribution in [0.2, 0.25) is 5.15 Å². The van der Waals surface area contributed by atoms with E-state index in [0.29, 0.717) is 11.6 Å². The second-order valence-electron chi connectivity index (χ2n) is 2.79. The molecular weight excluding hydrogens is 176 g/mol. The number of aromatic nitrogens is 1. The second-order valence-corrected chi connectivity index (χ2v) is 3.18. The average Bonchev–Trinajstić information content (AvgIpc) is 2.29. The average molecular weight is 183 g/mol. The molecule has 0 saturated heterocycles. The molecule has 1 amide bonds. The van der Waals surface area contributed by atoms with E-state index < -0.39 is 0 Å². The van der Waals surface area contributed by atoms with Crippen LogP contribution >= 0.6 is 11.6 Å². The Hall–Kier alpha value is -1.09. The van der Waals surface area contributed by atoms with Crippen LogP contribution in [0.25, 0.3) is 0 Å². The normalized spacial score (nSPS) is 14.3. The smallest absolute Gasteiger partial charge is 0.228 e. The summed E-state index contributed by atoms with van der Waals surface area (Å²) < 4.78 is 0. The number of fused-ring (bicyclic) bond motifs is 1. The lowest BCUT2D eigenvalue weighted by molar-refractivity contribution is -0.115. The molecule has 12 heavy (non-hydrogen) atoms. The summed E-state index contributed by atoms with van der Waals surface area (Å²) in [5.74, 6) is 0.0113. The van der Waals surface area contributed by atoms with Crippen molar-refractivity contribution in [2.24, 2.45) is 0 Å². The number of nitrogens with zero attached hydrogens (tertiary/aromatic N) is 1. The third-order valence-corrected chi connectivity index (χ3v) is 2.06. The molecular formula is C8H7ClN2O. The van der Waals surface area contributed by atoms with Crippen molar-refractivity contribution < 1.29 is 4.79 Å².